The summed E-state index contributed by atoms with van der Waals surface area (Å²) in [6.45, 7) is 9.30. The number of carbonyl (C=O) groups excluding carboxylic acids is 1. The molecule has 0 aromatic heterocycles. The van der Waals surface area contributed by atoms with Gasteiger partial charge in [-0.1, -0.05) is 26.7 Å². The van der Waals surface area contributed by atoms with Crippen LogP contribution in [0.4, 0.5) is 0 Å². The van der Waals surface area contributed by atoms with Gasteiger partial charge in [0.05, 0.1) is 5.41 Å². The van der Waals surface area contributed by atoms with Gasteiger partial charge in [0, 0.05) is 12.5 Å². The molecular weight excluding hydrogens is 218 g/mol. The van der Waals surface area contributed by atoms with E-state index in [0.29, 0.717) is 5.92 Å². The summed E-state index contributed by atoms with van der Waals surface area (Å²) in [4.78, 5) is 22.6. The predicted octanol–water partition coefficient (Wildman–Crippen LogP) is 2.43. The highest BCUT2D eigenvalue weighted by Gasteiger charge is 2.30. The van der Waals surface area contributed by atoms with Gasteiger partial charge in [0.1, 0.15) is 0 Å². The third-order valence-corrected chi connectivity index (χ3v) is 3.33. The molecule has 1 atom stereocenters. The number of rotatable bonds is 7. The van der Waals surface area contributed by atoms with Crippen LogP contribution >= 0.6 is 0 Å². The molecule has 4 heteroatoms. The van der Waals surface area contributed by atoms with Crippen LogP contribution in [0.15, 0.2) is 0 Å². The van der Waals surface area contributed by atoms with Crippen LogP contribution in [0.2, 0.25) is 0 Å². The average molecular weight is 243 g/mol. The van der Waals surface area contributed by atoms with Crippen LogP contribution in [0.3, 0.4) is 0 Å². The normalized spacial score (nSPS) is 13.5. The molecule has 0 fully saturated rings. The first-order valence-electron chi connectivity index (χ1n) is 6.27. The van der Waals surface area contributed by atoms with Crippen LogP contribution in [0.5, 0.6) is 0 Å². The Morgan fingerprint density at radius 2 is 1.71 bits per heavy atom. The third-order valence-electron chi connectivity index (χ3n) is 3.33. The number of amides is 1. The van der Waals surface area contributed by atoms with E-state index in [1.807, 2.05) is 6.92 Å². The number of carboxylic acid groups (broad SMARTS) is 1. The second kappa shape index (κ2) is 6.62. The summed E-state index contributed by atoms with van der Waals surface area (Å²) in [5.74, 6) is -0.675. The minimum Gasteiger partial charge on any atom is -0.481 e. The average Bonchev–Trinajstić information content (AvgIpc) is 2.17. The molecule has 0 aromatic carbocycles. The first-order chi connectivity index (χ1) is 7.74. The molecule has 2 N–H and O–H groups in total. The molecule has 0 spiro atoms. The highest BCUT2D eigenvalue weighted by atomic mass is 16.4. The van der Waals surface area contributed by atoms with Crippen molar-refractivity contribution >= 4 is 11.9 Å². The minimum absolute atomic E-state index is 0.0207. The van der Waals surface area contributed by atoms with Crippen LogP contribution in [-0.2, 0) is 9.59 Å². The number of hydrogen-bond acceptors (Lipinski definition) is 2. The number of hydrogen-bond donors (Lipinski definition) is 2. The molecule has 0 aliphatic heterocycles. The summed E-state index contributed by atoms with van der Waals surface area (Å²) in [6.07, 6.45) is 2.05. The second-order valence-corrected chi connectivity index (χ2v) is 5.30. The zero-order valence-corrected chi connectivity index (χ0v) is 11.5. The lowest BCUT2D eigenvalue weighted by Gasteiger charge is -2.25. The van der Waals surface area contributed by atoms with Crippen molar-refractivity contribution in [3.63, 3.8) is 0 Å². The van der Waals surface area contributed by atoms with Crippen LogP contribution in [0, 0.1) is 11.3 Å². The monoisotopic (exact) mass is 243 g/mol. The maximum Gasteiger partial charge on any atom is 0.309 e. The SMILES string of the molecule is CCC(CC)C(C)NC(=O)CC(C)(C)C(=O)O. The highest BCUT2D eigenvalue weighted by Crippen LogP contribution is 2.21. The third kappa shape index (κ3) is 5.20. The van der Waals surface area contributed by atoms with E-state index in [1.165, 1.54) is 0 Å². The molecule has 0 heterocycles. The van der Waals surface area contributed by atoms with E-state index in [-0.39, 0.29) is 18.4 Å². The molecule has 0 radical (unpaired) electrons. The predicted molar refractivity (Wildman–Crippen MR) is 67.7 cm³/mol. The molecule has 4 nitrogen and oxygen atoms in total. The summed E-state index contributed by atoms with van der Waals surface area (Å²) < 4.78 is 0. The number of carbonyl (C=O) groups is 2. The van der Waals surface area contributed by atoms with Crippen LogP contribution in [0.25, 0.3) is 0 Å². The number of aliphatic carboxylic acids is 1. The lowest BCUT2D eigenvalue weighted by Crippen LogP contribution is -2.41. The topological polar surface area (TPSA) is 66.4 Å². The second-order valence-electron chi connectivity index (χ2n) is 5.30. The van der Waals surface area contributed by atoms with E-state index in [9.17, 15) is 9.59 Å². The van der Waals surface area contributed by atoms with Crippen molar-refractivity contribution in [2.75, 3.05) is 0 Å². The van der Waals surface area contributed by atoms with Crippen LogP contribution in [-0.4, -0.2) is 23.0 Å². The van der Waals surface area contributed by atoms with Gasteiger partial charge < -0.3 is 10.4 Å². The Morgan fingerprint density at radius 1 is 1.24 bits per heavy atom. The molecule has 1 unspecified atom stereocenters. The Kier molecular flexibility index (Phi) is 6.21. The van der Waals surface area contributed by atoms with Gasteiger partial charge in [0.25, 0.3) is 0 Å². The van der Waals surface area contributed by atoms with Gasteiger partial charge in [-0.3, -0.25) is 9.59 Å². The first kappa shape index (κ1) is 15.9. The standard InChI is InChI=1S/C13H25NO3/c1-6-10(7-2)9(3)14-11(15)8-13(4,5)12(16)17/h9-10H,6-8H2,1-5H3,(H,14,15)(H,16,17). The van der Waals surface area contributed by atoms with Crippen molar-refractivity contribution in [3.05, 3.63) is 0 Å². The molecule has 0 aromatic rings. The molecule has 0 saturated heterocycles. The van der Waals surface area contributed by atoms with E-state index in [1.54, 1.807) is 13.8 Å². The summed E-state index contributed by atoms with van der Waals surface area (Å²) in [5, 5.41) is 11.8. The van der Waals surface area contributed by atoms with Crippen LogP contribution < -0.4 is 5.32 Å². The molecule has 0 rings (SSSR count). The Balaban J connectivity index is 4.32. The van der Waals surface area contributed by atoms with E-state index < -0.39 is 11.4 Å². The fraction of sp³-hybridized carbons (Fsp3) is 0.846. The Morgan fingerprint density at radius 3 is 2.06 bits per heavy atom. The van der Waals surface area contributed by atoms with Gasteiger partial charge >= 0.3 is 5.97 Å². The van der Waals surface area contributed by atoms with E-state index in [0.717, 1.165) is 12.8 Å². The fourth-order valence-corrected chi connectivity index (χ4v) is 1.90. The van der Waals surface area contributed by atoms with Crippen LogP contribution in [0.1, 0.15) is 53.9 Å². The maximum atomic E-state index is 11.7. The molecular formula is C13H25NO3. The molecule has 1 amide bonds. The summed E-state index contributed by atoms with van der Waals surface area (Å²) in [5.41, 5.74) is -1.00. The van der Waals surface area contributed by atoms with E-state index in [4.69, 9.17) is 5.11 Å². The number of carboxylic acids is 1. The van der Waals surface area contributed by atoms with Crippen molar-refractivity contribution < 1.29 is 14.7 Å². The fourth-order valence-electron chi connectivity index (χ4n) is 1.90. The Bertz CT molecular complexity index is 270. The number of nitrogens with one attached hydrogen (secondary N) is 1. The molecule has 0 bridgehead atoms. The largest absolute Gasteiger partial charge is 0.481 e. The Hall–Kier alpha value is -1.06. The summed E-state index contributed by atoms with van der Waals surface area (Å²) >= 11 is 0. The van der Waals surface area contributed by atoms with E-state index in [2.05, 4.69) is 19.2 Å². The van der Waals surface area contributed by atoms with Crippen molar-refractivity contribution in [1.29, 1.82) is 0 Å². The lowest BCUT2D eigenvalue weighted by atomic mass is 9.88. The summed E-state index contributed by atoms with van der Waals surface area (Å²) in [7, 11) is 0. The smallest absolute Gasteiger partial charge is 0.309 e. The van der Waals surface area contributed by atoms with Crippen molar-refractivity contribution in [3.8, 4) is 0 Å². The molecule has 0 aliphatic carbocycles. The van der Waals surface area contributed by atoms with Crippen molar-refractivity contribution in [2.45, 2.75) is 59.9 Å². The van der Waals surface area contributed by atoms with E-state index >= 15 is 0 Å². The van der Waals surface area contributed by atoms with Gasteiger partial charge in [-0.15, -0.1) is 0 Å². The van der Waals surface area contributed by atoms with Gasteiger partial charge in [0.2, 0.25) is 5.91 Å². The molecule has 0 aliphatic rings. The zero-order valence-electron chi connectivity index (χ0n) is 11.5. The Labute approximate surface area is 104 Å². The van der Waals surface area contributed by atoms with Crippen molar-refractivity contribution in [1.82, 2.24) is 5.32 Å². The lowest BCUT2D eigenvalue weighted by molar-refractivity contribution is -0.149. The van der Waals surface area contributed by atoms with Gasteiger partial charge in [-0.25, -0.2) is 0 Å². The van der Waals surface area contributed by atoms with Gasteiger partial charge in [-0.2, -0.15) is 0 Å². The van der Waals surface area contributed by atoms with Crippen molar-refractivity contribution in [2.24, 2.45) is 11.3 Å². The quantitative estimate of drug-likeness (QED) is 0.721. The molecule has 0 saturated carbocycles. The van der Waals surface area contributed by atoms with Gasteiger partial charge in [0.15, 0.2) is 0 Å². The first-order valence-corrected chi connectivity index (χ1v) is 6.27. The molecule has 17 heavy (non-hydrogen) atoms. The maximum absolute atomic E-state index is 11.7. The zero-order chi connectivity index (χ0) is 13.6. The summed E-state index contributed by atoms with van der Waals surface area (Å²) in [6, 6.07) is 0.0992. The van der Waals surface area contributed by atoms with Gasteiger partial charge in [-0.05, 0) is 26.7 Å². The highest BCUT2D eigenvalue weighted by molar-refractivity contribution is 5.84. The minimum atomic E-state index is -1.00. The molecule has 100 valence electrons.